The minimum absolute atomic E-state index is 0.204. The van der Waals surface area contributed by atoms with E-state index in [0.29, 0.717) is 5.56 Å². The third-order valence-corrected chi connectivity index (χ3v) is 4.56. The fraction of sp³-hybridized carbons (Fsp3) is 0.100. The molecule has 0 unspecified atom stereocenters. The summed E-state index contributed by atoms with van der Waals surface area (Å²) in [4.78, 5) is 16.7. The molecule has 4 nitrogen and oxygen atoms in total. The fourth-order valence-electron chi connectivity index (χ4n) is 2.55. The molecule has 1 amide bonds. The topological polar surface area (TPSA) is 54.0 Å². The van der Waals surface area contributed by atoms with E-state index in [1.807, 2.05) is 56.3 Å². The largest absolute Gasteiger partial charge is 0.354 e. The third kappa shape index (κ3) is 4.06. The van der Waals surface area contributed by atoms with E-state index in [0.717, 1.165) is 32.7 Å². The van der Waals surface area contributed by atoms with Crippen molar-refractivity contribution in [2.45, 2.75) is 13.8 Å². The number of hydrogen-bond donors (Lipinski definition) is 2. The third-order valence-electron chi connectivity index (χ3n) is 3.87. The highest BCUT2D eigenvalue weighted by Gasteiger charge is 2.10. The van der Waals surface area contributed by atoms with Gasteiger partial charge in [0, 0.05) is 16.4 Å². The number of rotatable bonds is 4. The summed E-state index contributed by atoms with van der Waals surface area (Å²) in [7, 11) is 0. The first-order chi connectivity index (χ1) is 12.0. The monoisotopic (exact) mass is 395 g/mol. The summed E-state index contributed by atoms with van der Waals surface area (Å²) in [5, 5.41) is 6.25. The Kier molecular flexibility index (Phi) is 5.14. The number of nitrogens with one attached hydrogen (secondary N) is 2. The van der Waals surface area contributed by atoms with Crippen LogP contribution in [0.2, 0.25) is 0 Å². The highest BCUT2D eigenvalue weighted by Crippen LogP contribution is 2.25. The van der Waals surface area contributed by atoms with Crippen molar-refractivity contribution in [1.29, 1.82) is 0 Å². The van der Waals surface area contributed by atoms with E-state index in [1.165, 1.54) is 0 Å². The van der Waals surface area contributed by atoms with Gasteiger partial charge in [0.05, 0.1) is 23.1 Å². The molecule has 3 rings (SSSR count). The van der Waals surface area contributed by atoms with Crippen LogP contribution in [0.1, 0.15) is 21.5 Å². The Labute approximate surface area is 155 Å². The molecule has 2 N–H and O–H groups in total. The maximum atomic E-state index is 12.5. The van der Waals surface area contributed by atoms with Gasteiger partial charge in [0.1, 0.15) is 0 Å². The summed E-state index contributed by atoms with van der Waals surface area (Å²) >= 11 is 3.43. The molecule has 1 aromatic heterocycles. The summed E-state index contributed by atoms with van der Waals surface area (Å²) < 4.78 is 0.834. The van der Waals surface area contributed by atoms with E-state index in [4.69, 9.17) is 0 Å². The smallest absolute Gasteiger partial charge is 0.257 e. The molecule has 0 aliphatic carbocycles. The average Bonchev–Trinajstić information content (AvgIpc) is 2.60. The van der Waals surface area contributed by atoms with Gasteiger partial charge in [0.15, 0.2) is 0 Å². The molecule has 0 radical (unpaired) electrons. The van der Waals surface area contributed by atoms with E-state index in [-0.39, 0.29) is 5.91 Å². The van der Waals surface area contributed by atoms with Crippen LogP contribution >= 0.6 is 15.9 Å². The summed E-state index contributed by atoms with van der Waals surface area (Å²) in [5.74, 6) is -0.204. The molecule has 0 fully saturated rings. The van der Waals surface area contributed by atoms with E-state index >= 15 is 0 Å². The van der Waals surface area contributed by atoms with Crippen molar-refractivity contribution in [3.63, 3.8) is 0 Å². The maximum Gasteiger partial charge on any atom is 0.257 e. The number of halogens is 1. The van der Waals surface area contributed by atoms with E-state index in [1.54, 1.807) is 18.5 Å². The molecular formula is C20H18BrN3O. The summed E-state index contributed by atoms with van der Waals surface area (Å²) in [6, 6.07) is 15.4. The number of para-hydroxylation sites is 2. The normalized spacial score (nSPS) is 10.4. The first kappa shape index (κ1) is 17.2. The second-order valence-electron chi connectivity index (χ2n) is 5.79. The fourth-order valence-corrected chi connectivity index (χ4v) is 2.93. The van der Waals surface area contributed by atoms with Crippen molar-refractivity contribution in [2.24, 2.45) is 0 Å². The summed E-state index contributed by atoms with van der Waals surface area (Å²) in [6.45, 7) is 4.10. The SMILES string of the molecule is Cc1cccc(C)c1Nc1cncc(C(=O)Nc2ccccc2Br)c1. The van der Waals surface area contributed by atoms with Crippen LogP contribution in [0.5, 0.6) is 0 Å². The van der Waals surface area contributed by atoms with Gasteiger partial charge in [0.25, 0.3) is 5.91 Å². The standard InChI is InChI=1S/C20H18BrN3O/c1-13-6-5-7-14(2)19(13)23-16-10-15(11-22-12-16)20(25)24-18-9-4-3-8-17(18)21/h3-12,23H,1-2H3,(H,24,25). The number of pyridine rings is 1. The van der Waals surface area contributed by atoms with E-state index in [2.05, 4.69) is 31.5 Å². The molecule has 25 heavy (non-hydrogen) atoms. The lowest BCUT2D eigenvalue weighted by atomic mass is 10.1. The van der Waals surface area contributed by atoms with Gasteiger partial charge >= 0.3 is 0 Å². The maximum absolute atomic E-state index is 12.5. The lowest BCUT2D eigenvalue weighted by Crippen LogP contribution is -2.13. The van der Waals surface area contributed by atoms with Crippen LogP contribution in [0.25, 0.3) is 0 Å². The Bertz CT molecular complexity index is 904. The zero-order chi connectivity index (χ0) is 17.8. The van der Waals surface area contributed by atoms with E-state index in [9.17, 15) is 4.79 Å². The Hall–Kier alpha value is -2.66. The van der Waals surface area contributed by atoms with Crippen LogP contribution in [-0.2, 0) is 0 Å². The number of nitrogens with zero attached hydrogens (tertiary/aromatic N) is 1. The number of benzene rings is 2. The molecule has 5 heteroatoms. The van der Waals surface area contributed by atoms with Crippen molar-refractivity contribution in [2.75, 3.05) is 10.6 Å². The van der Waals surface area contributed by atoms with Gasteiger partial charge in [-0.15, -0.1) is 0 Å². The molecule has 2 aromatic carbocycles. The predicted molar refractivity (Wildman–Crippen MR) is 106 cm³/mol. The first-order valence-electron chi connectivity index (χ1n) is 7.89. The molecule has 0 saturated carbocycles. The number of carbonyl (C=O) groups is 1. The van der Waals surface area contributed by atoms with Crippen molar-refractivity contribution in [1.82, 2.24) is 4.98 Å². The Morgan fingerprint density at radius 3 is 2.44 bits per heavy atom. The number of amides is 1. The molecule has 0 atom stereocenters. The number of aryl methyl sites for hydroxylation is 2. The van der Waals surface area contributed by atoms with Crippen LogP contribution in [0.3, 0.4) is 0 Å². The van der Waals surface area contributed by atoms with Crippen molar-refractivity contribution < 1.29 is 4.79 Å². The van der Waals surface area contributed by atoms with Crippen LogP contribution in [-0.4, -0.2) is 10.9 Å². The lowest BCUT2D eigenvalue weighted by Gasteiger charge is -2.13. The predicted octanol–water partition coefficient (Wildman–Crippen LogP) is 5.46. The van der Waals surface area contributed by atoms with Gasteiger partial charge in [-0.05, 0) is 59.1 Å². The van der Waals surface area contributed by atoms with Crippen molar-refractivity contribution in [3.8, 4) is 0 Å². The molecule has 0 spiro atoms. The van der Waals surface area contributed by atoms with Gasteiger partial charge in [-0.25, -0.2) is 0 Å². The Morgan fingerprint density at radius 1 is 1.00 bits per heavy atom. The van der Waals surface area contributed by atoms with Gasteiger partial charge < -0.3 is 10.6 Å². The van der Waals surface area contributed by atoms with Crippen LogP contribution in [0.15, 0.2) is 65.4 Å². The quantitative estimate of drug-likeness (QED) is 0.616. The number of hydrogen-bond acceptors (Lipinski definition) is 3. The molecule has 0 aliphatic rings. The zero-order valence-electron chi connectivity index (χ0n) is 14.0. The molecule has 126 valence electrons. The molecule has 0 saturated heterocycles. The minimum atomic E-state index is -0.204. The average molecular weight is 396 g/mol. The van der Waals surface area contributed by atoms with Crippen molar-refractivity contribution in [3.05, 3.63) is 82.1 Å². The van der Waals surface area contributed by atoms with Gasteiger partial charge in [-0.1, -0.05) is 30.3 Å². The van der Waals surface area contributed by atoms with Crippen LogP contribution < -0.4 is 10.6 Å². The van der Waals surface area contributed by atoms with Gasteiger partial charge in [-0.3, -0.25) is 9.78 Å². The second-order valence-corrected chi connectivity index (χ2v) is 6.64. The Balaban J connectivity index is 1.82. The highest BCUT2D eigenvalue weighted by molar-refractivity contribution is 9.10. The van der Waals surface area contributed by atoms with Gasteiger partial charge in [-0.2, -0.15) is 0 Å². The summed E-state index contributed by atoms with van der Waals surface area (Å²) in [6.07, 6.45) is 3.27. The number of carbonyl (C=O) groups excluding carboxylic acids is 1. The molecular weight excluding hydrogens is 378 g/mol. The lowest BCUT2D eigenvalue weighted by molar-refractivity contribution is 0.102. The first-order valence-corrected chi connectivity index (χ1v) is 8.68. The molecule has 1 heterocycles. The zero-order valence-corrected chi connectivity index (χ0v) is 15.6. The number of anilines is 3. The highest BCUT2D eigenvalue weighted by atomic mass is 79.9. The van der Waals surface area contributed by atoms with E-state index < -0.39 is 0 Å². The van der Waals surface area contributed by atoms with Gasteiger partial charge in [0.2, 0.25) is 0 Å². The Morgan fingerprint density at radius 2 is 1.72 bits per heavy atom. The number of aromatic nitrogens is 1. The van der Waals surface area contributed by atoms with Crippen LogP contribution in [0.4, 0.5) is 17.1 Å². The second kappa shape index (κ2) is 7.49. The van der Waals surface area contributed by atoms with Crippen molar-refractivity contribution >= 4 is 38.9 Å². The minimum Gasteiger partial charge on any atom is -0.354 e. The molecule has 3 aromatic rings. The summed E-state index contributed by atoms with van der Waals surface area (Å²) in [5.41, 5.74) is 5.31. The molecule has 0 bridgehead atoms. The van der Waals surface area contributed by atoms with Crippen LogP contribution in [0, 0.1) is 13.8 Å². The molecule has 0 aliphatic heterocycles.